The van der Waals surface area contributed by atoms with Crippen LogP contribution in [0.2, 0.25) is 0 Å². The number of nitrogens with two attached hydrogens (primary N) is 1. The first-order chi connectivity index (χ1) is 11.5. The molecule has 1 saturated heterocycles. The fourth-order valence-corrected chi connectivity index (χ4v) is 3.55. The lowest BCUT2D eigenvalue weighted by molar-refractivity contribution is -0.133. The Kier molecular flexibility index (Phi) is 7.25. The van der Waals surface area contributed by atoms with Gasteiger partial charge in [0.05, 0.1) is 0 Å². The van der Waals surface area contributed by atoms with Gasteiger partial charge in [-0.15, -0.1) is 0 Å². The van der Waals surface area contributed by atoms with E-state index < -0.39 is 0 Å². The van der Waals surface area contributed by atoms with Crippen molar-refractivity contribution in [2.75, 3.05) is 40.3 Å². The van der Waals surface area contributed by atoms with Crippen LogP contribution >= 0.6 is 0 Å². The topological polar surface area (TPSA) is 49.6 Å². The van der Waals surface area contributed by atoms with Gasteiger partial charge < -0.3 is 15.5 Å². The Morgan fingerprint density at radius 3 is 2.46 bits per heavy atom. The van der Waals surface area contributed by atoms with Gasteiger partial charge in [0.2, 0.25) is 5.91 Å². The number of likely N-dealkylation sites (tertiary alicyclic amines) is 1. The molecule has 1 amide bonds. The third-order valence-corrected chi connectivity index (χ3v) is 5.39. The normalized spacial score (nSPS) is 17.2. The molecule has 134 valence electrons. The predicted molar refractivity (Wildman–Crippen MR) is 99.9 cm³/mol. The summed E-state index contributed by atoms with van der Waals surface area (Å²) in [6.07, 6.45) is 5.88. The number of hydrogen-bond acceptors (Lipinski definition) is 3. The summed E-state index contributed by atoms with van der Waals surface area (Å²) in [6, 6.07) is 10.6. The van der Waals surface area contributed by atoms with Crippen molar-refractivity contribution in [3.05, 3.63) is 35.9 Å². The van der Waals surface area contributed by atoms with Crippen molar-refractivity contribution < 1.29 is 4.79 Å². The molecule has 4 nitrogen and oxygen atoms in total. The van der Waals surface area contributed by atoms with Gasteiger partial charge >= 0.3 is 0 Å². The Balaban J connectivity index is 1.79. The molecule has 0 bridgehead atoms. The second-order valence-electron chi connectivity index (χ2n) is 7.48. The molecule has 1 aromatic rings. The van der Waals surface area contributed by atoms with Crippen molar-refractivity contribution >= 4 is 5.91 Å². The first-order valence-corrected chi connectivity index (χ1v) is 9.21. The second kappa shape index (κ2) is 9.19. The van der Waals surface area contributed by atoms with Crippen LogP contribution < -0.4 is 5.73 Å². The van der Waals surface area contributed by atoms with Gasteiger partial charge in [0, 0.05) is 19.5 Å². The minimum Gasteiger partial charge on any atom is -0.343 e. The van der Waals surface area contributed by atoms with Crippen LogP contribution in [0, 0.1) is 5.41 Å². The van der Waals surface area contributed by atoms with E-state index in [2.05, 4.69) is 35.2 Å². The van der Waals surface area contributed by atoms with Crippen molar-refractivity contribution in [1.29, 1.82) is 0 Å². The average Bonchev–Trinajstić information content (AvgIpc) is 2.61. The van der Waals surface area contributed by atoms with Crippen LogP contribution in [0.15, 0.2) is 30.3 Å². The Morgan fingerprint density at radius 1 is 1.21 bits per heavy atom. The van der Waals surface area contributed by atoms with Crippen molar-refractivity contribution in [3.63, 3.8) is 0 Å². The highest BCUT2D eigenvalue weighted by molar-refractivity contribution is 5.76. The molecule has 0 radical (unpaired) electrons. The standard InChI is InChI=1S/C20H33N3O/c1-22(2)14-6-9-19(24)23-15-12-20(17-21,13-16-23)11-10-18-7-4-3-5-8-18/h3-5,7-8H,6,9-17,21H2,1-2H3. The van der Waals surface area contributed by atoms with E-state index >= 15 is 0 Å². The summed E-state index contributed by atoms with van der Waals surface area (Å²) in [6.45, 7) is 3.44. The summed E-state index contributed by atoms with van der Waals surface area (Å²) in [5, 5.41) is 0. The second-order valence-corrected chi connectivity index (χ2v) is 7.48. The van der Waals surface area contributed by atoms with Crippen molar-refractivity contribution in [2.45, 2.75) is 38.5 Å². The van der Waals surface area contributed by atoms with Crippen molar-refractivity contribution in [3.8, 4) is 0 Å². The quantitative estimate of drug-likeness (QED) is 0.796. The van der Waals surface area contributed by atoms with E-state index in [0.717, 1.165) is 58.3 Å². The maximum atomic E-state index is 12.3. The van der Waals surface area contributed by atoms with Gasteiger partial charge in [-0.3, -0.25) is 4.79 Å². The average molecular weight is 332 g/mol. The minimum atomic E-state index is 0.205. The van der Waals surface area contributed by atoms with Gasteiger partial charge in [0.1, 0.15) is 0 Å². The number of amides is 1. The van der Waals surface area contributed by atoms with Gasteiger partial charge in [0.25, 0.3) is 0 Å². The van der Waals surface area contributed by atoms with Crippen LogP contribution in [0.1, 0.15) is 37.7 Å². The molecule has 1 heterocycles. The zero-order valence-corrected chi connectivity index (χ0v) is 15.3. The van der Waals surface area contributed by atoms with Gasteiger partial charge in [-0.05, 0) is 70.3 Å². The molecule has 1 aromatic carbocycles. The number of carbonyl (C=O) groups excluding carboxylic acids is 1. The summed E-state index contributed by atoms with van der Waals surface area (Å²) in [5.41, 5.74) is 7.72. The van der Waals surface area contributed by atoms with Crippen LogP contribution in [0.4, 0.5) is 0 Å². The molecule has 4 heteroatoms. The molecule has 0 aliphatic carbocycles. The fourth-order valence-electron chi connectivity index (χ4n) is 3.55. The molecule has 1 aliphatic heterocycles. The van der Waals surface area contributed by atoms with Gasteiger partial charge in [0.15, 0.2) is 0 Å². The summed E-state index contributed by atoms with van der Waals surface area (Å²) in [7, 11) is 4.10. The lowest BCUT2D eigenvalue weighted by Gasteiger charge is -2.41. The lowest BCUT2D eigenvalue weighted by atomic mass is 9.74. The molecule has 1 aliphatic rings. The summed E-state index contributed by atoms with van der Waals surface area (Å²) < 4.78 is 0. The Labute approximate surface area is 147 Å². The van der Waals surface area contributed by atoms with E-state index in [0.29, 0.717) is 12.3 Å². The fraction of sp³-hybridized carbons (Fsp3) is 0.650. The number of carbonyl (C=O) groups is 1. The van der Waals surface area contributed by atoms with Crippen LogP contribution in [0.25, 0.3) is 0 Å². The number of benzene rings is 1. The van der Waals surface area contributed by atoms with Crippen LogP contribution in [-0.2, 0) is 11.2 Å². The first-order valence-electron chi connectivity index (χ1n) is 9.21. The van der Waals surface area contributed by atoms with E-state index in [1.54, 1.807) is 0 Å². The summed E-state index contributed by atoms with van der Waals surface area (Å²) in [5.74, 6) is 0.311. The highest BCUT2D eigenvalue weighted by atomic mass is 16.2. The zero-order valence-electron chi connectivity index (χ0n) is 15.3. The summed E-state index contributed by atoms with van der Waals surface area (Å²) >= 11 is 0. The molecule has 0 aromatic heterocycles. The van der Waals surface area contributed by atoms with E-state index in [1.165, 1.54) is 5.56 Å². The summed E-state index contributed by atoms with van der Waals surface area (Å²) in [4.78, 5) is 16.5. The third-order valence-electron chi connectivity index (χ3n) is 5.39. The van der Waals surface area contributed by atoms with Gasteiger partial charge in [-0.2, -0.15) is 0 Å². The Bertz CT molecular complexity index is 493. The Hall–Kier alpha value is -1.39. The van der Waals surface area contributed by atoms with Crippen molar-refractivity contribution in [2.24, 2.45) is 11.1 Å². The number of rotatable bonds is 8. The first kappa shape index (κ1) is 18.9. The monoisotopic (exact) mass is 331 g/mol. The third kappa shape index (κ3) is 5.60. The molecule has 2 N–H and O–H groups in total. The molecule has 0 unspecified atom stereocenters. The van der Waals surface area contributed by atoms with E-state index in [1.807, 2.05) is 19.0 Å². The maximum Gasteiger partial charge on any atom is 0.222 e. The van der Waals surface area contributed by atoms with Crippen LogP contribution in [-0.4, -0.2) is 56.0 Å². The van der Waals surface area contributed by atoms with Crippen LogP contribution in [0.3, 0.4) is 0 Å². The highest BCUT2D eigenvalue weighted by Gasteiger charge is 2.34. The number of aryl methyl sites for hydroxylation is 1. The minimum absolute atomic E-state index is 0.205. The maximum absolute atomic E-state index is 12.3. The molecular weight excluding hydrogens is 298 g/mol. The molecular formula is C20H33N3O. The largest absolute Gasteiger partial charge is 0.343 e. The van der Waals surface area contributed by atoms with Gasteiger partial charge in [-0.1, -0.05) is 30.3 Å². The van der Waals surface area contributed by atoms with E-state index in [-0.39, 0.29) is 5.41 Å². The predicted octanol–water partition coefficient (Wildman–Crippen LogP) is 2.53. The zero-order chi connectivity index (χ0) is 17.4. The number of piperidine rings is 1. The number of hydrogen-bond donors (Lipinski definition) is 1. The molecule has 0 spiro atoms. The lowest BCUT2D eigenvalue weighted by Crippen LogP contribution is -2.46. The SMILES string of the molecule is CN(C)CCCC(=O)N1CCC(CN)(CCc2ccccc2)CC1. The van der Waals surface area contributed by atoms with Crippen molar-refractivity contribution in [1.82, 2.24) is 9.80 Å². The highest BCUT2D eigenvalue weighted by Crippen LogP contribution is 2.35. The Morgan fingerprint density at radius 2 is 1.88 bits per heavy atom. The molecule has 1 fully saturated rings. The molecule has 2 rings (SSSR count). The van der Waals surface area contributed by atoms with Gasteiger partial charge in [-0.25, -0.2) is 0 Å². The smallest absolute Gasteiger partial charge is 0.222 e. The molecule has 24 heavy (non-hydrogen) atoms. The number of nitrogens with zero attached hydrogens (tertiary/aromatic N) is 2. The van der Waals surface area contributed by atoms with E-state index in [4.69, 9.17) is 5.73 Å². The molecule has 0 atom stereocenters. The van der Waals surface area contributed by atoms with E-state index in [9.17, 15) is 4.79 Å². The molecule has 0 saturated carbocycles. The van der Waals surface area contributed by atoms with Crippen LogP contribution in [0.5, 0.6) is 0 Å².